The fourth-order valence-electron chi connectivity index (χ4n) is 1.18. The summed E-state index contributed by atoms with van der Waals surface area (Å²) in [6.07, 6.45) is 5.50. The van der Waals surface area contributed by atoms with E-state index in [0.717, 1.165) is 18.5 Å². The first-order valence-corrected chi connectivity index (χ1v) is 4.57. The molecule has 0 saturated heterocycles. The van der Waals surface area contributed by atoms with Gasteiger partial charge in [0.05, 0.1) is 5.69 Å². The Morgan fingerprint density at radius 3 is 2.86 bits per heavy atom. The summed E-state index contributed by atoms with van der Waals surface area (Å²) in [5.41, 5.74) is 6.27. The molecule has 2 rings (SSSR count). The van der Waals surface area contributed by atoms with Crippen LogP contribution in [0.3, 0.4) is 0 Å². The Labute approximate surface area is 89.3 Å². The highest BCUT2D eigenvalue weighted by Gasteiger charge is 2.19. The Bertz CT molecular complexity index is 291. The zero-order valence-electron chi connectivity index (χ0n) is 7.85. The van der Waals surface area contributed by atoms with Crippen LogP contribution >= 0.6 is 12.4 Å². The molecule has 0 aromatic carbocycles. The van der Waals surface area contributed by atoms with Gasteiger partial charge in [-0.15, -0.1) is 12.4 Å². The molecule has 1 saturated carbocycles. The lowest BCUT2D eigenvalue weighted by Gasteiger charge is -2.24. The second-order valence-electron chi connectivity index (χ2n) is 3.21. The number of aromatic nitrogens is 2. The van der Waals surface area contributed by atoms with E-state index in [4.69, 9.17) is 10.5 Å². The van der Waals surface area contributed by atoms with Gasteiger partial charge in [0.25, 0.3) is 0 Å². The molecular formula is C9H14ClN3O. The van der Waals surface area contributed by atoms with Gasteiger partial charge in [0.1, 0.15) is 6.10 Å². The Morgan fingerprint density at radius 1 is 1.50 bits per heavy atom. The van der Waals surface area contributed by atoms with E-state index in [0.29, 0.717) is 18.7 Å². The molecule has 1 aromatic heterocycles. The van der Waals surface area contributed by atoms with E-state index < -0.39 is 0 Å². The molecule has 0 amide bonds. The molecule has 1 fully saturated rings. The van der Waals surface area contributed by atoms with Crippen LogP contribution in [0.5, 0.6) is 6.01 Å². The standard InChI is InChI=1S/C9H13N3O.ClH/c10-6-7-4-5-11-9(12-7)13-8-2-1-3-8;/h4-5,8H,1-3,6,10H2;1H. The third-order valence-electron chi connectivity index (χ3n) is 2.22. The number of halogens is 1. The van der Waals surface area contributed by atoms with Crippen LogP contribution in [-0.4, -0.2) is 16.1 Å². The molecule has 0 spiro atoms. The smallest absolute Gasteiger partial charge is 0.316 e. The first kappa shape index (κ1) is 11.2. The van der Waals surface area contributed by atoms with Crippen molar-refractivity contribution in [3.05, 3.63) is 18.0 Å². The van der Waals surface area contributed by atoms with E-state index >= 15 is 0 Å². The van der Waals surface area contributed by atoms with Gasteiger partial charge in [0, 0.05) is 12.7 Å². The molecule has 0 unspecified atom stereocenters. The lowest BCUT2D eigenvalue weighted by Crippen LogP contribution is -2.25. The quantitative estimate of drug-likeness (QED) is 0.826. The van der Waals surface area contributed by atoms with E-state index in [1.165, 1.54) is 6.42 Å². The summed E-state index contributed by atoms with van der Waals surface area (Å²) in [7, 11) is 0. The highest BCUT2D eigenvalue weighted by molar-refractivity contribution is 5.85. The van der Waals surface area contributed by atoms with E-state index in [1.807, 2.05) is 0 Å². The molecule has 4 nitrogen and oxygen atoms in total. The molecule has 0 atom stereocenters. The van der Waals surface area contributed by atoms with Gasteiger partial charge in [0.2, 0.25) is 0 Å². The van der Waals surface area contributed by atoms with Crippen LogP contribution in [0.4, 0.5) is 0 Å². The number of hydrogen-bond donors (Lipinski definition) is 1. The minimum atomic E-state index is 0. The summed E-state index contributed by atoms with van der Waals surface area (Å²) in [4.78, 5) is 8.18. The minimum Gasteiger partial charge on any atom is -0.460 e. The fraction of sp³-hybridized carbons (Fsp3) is 0.556. The third-order valence-corrected chi connectivity index (χ3v) is 2.22. The predicted molar refractivity (Wildman–Crippen MR) is 55.4 cm³/mol. The normalized spacial score (nSPS) is 15.5. The van der Waals surface area contributed by atoms with Crippen LogP contribution < -0.4 is 10.5 Å². The van der Waals surface area contributed by atoms with Crippen LogP contribution in [0.1, 0.15) is 25.0 Å². The summed E-state index contributed by atoms with van der Waals surface area (Å²) in [5.74, 6) is 0. The highest BCUT2D eigenvalue weighted by Crippen LogP contribution is 2.22. The molecule has 2 N–H and O–H groups in total. The van der Waals surface area contributed by atoms with Gasteiger partial charge in [-0.2, -0.15) is 4.98 Å². The fourth-order valence-corrected chi connectivity index (χ4v) is 1.18. The molecular weight excluding hydrogens is 202 g/mol. The van der Waals surface area contributed by atoms with Gasteiger partial charge in [-0.3, -0.25) is 0 Å². The molecule has 1 aliphatic carbocycles. The maximum atomic E-state index is 5.52. The second kappa shape index (κ2) is 5.12. The van der Waals surface area contributed by atoms with Crippen molar-refractivity contribution in [2.45, 2.75) is 31.9 Å². The molecule has 1 heterocycles. The van der Waals surface area contributed by atoms with Crippen molar-refractivity contribution >= 4 is 12.4 Å². The van der Waals surface area contributed by atoms with Crippen LogP contribution in [0.15, 0.2) is 12.3 Å². The van der Waals surface area contributed by atoms with Crippen molar-refractivity contribution in [3.63, 3.8) is 0 Å². The molecule has 0 aliphatic heterocycles. The van der Waals surface area contributed by atoms with Gasteiger partial charge >= 0.3 is 6.01 Å². The maximum Gasteiger partial charge on any atom is 0.316 e. The van der Waals surface area contributed by atoms with E-state index in [2.05, 4.69) is 9.97 Å². The first-order valence-electron chi connectivity index (χ1n) is 4.57. The average Bonchev–Trinajstić information content (AvgIpc) is 2.12. The minimum absolute atomic E-state index is 0. The Kier molecular flexibility index (Phi) is 4.10. The van der Waals surface area contributed by atoms with Crippen molar-refractivity contribution in [2.24, 2.45) is 5.73 Å². The third kappa shape index (κ3) is 2.56. The number of nitrogens with two attached hydrogens (primary N) is 1. The molecule has 14 heavy (non-hydrogen) atoms. The number of nitrogens with zero attached hydrogens (tertiary/aromatic N) is 2. The SMILES string of the molecule is Cl.NCc1ccnc(OC2CCC2)n1. The van der Waals surface area contributed by atoms with Crippen molar-refractivity contribution in [3.8, 4) is 6.01 Å². The summed E-state index contributed by atoms with van der Waals surface area (Å²) in [6.45, 7) is 0.434. The zero-order valence-corrected chi connectivity index (χ0v) is 8.67. The van der Waals surface area contributed by atoms with Gasteiger partial charge in [-0.05, 0) is 25.3 Å². The zero-order chi connectivity index (χ0) is 9.10. The number of rotatable bonds is 3. The largest absolute Gasteiger partial charge is 0.460 e. The molecule has 0 radical (unpaired) electrons. The summed E-state index contributed by atoms with van der Waals surface area (Å²) in [5, 5.41) is 0. The van der Waals surface area contributed by atoms with Crippen LogP contribution in [0.2, 0.25) is 0 Å². The van der Waals surface area contributed by atoms with Crippen LogP contribution in [0, 0.1) is 0 Å². The first-order chi connectivity index (χ1) is 6.38. The van der Waals surface area contributed by atoms with E-state index in [-0.39, 0.29) is 12.4 Å². The number of ether oxygens (including phenoxy) is 1. The average molecular weight is 216 g/mol. The van der Waals surface area contributed by atoms with Crippen molar-refractivity contribution in [1.29, 1.82) is 0 Å². The van der Waals surface area contributed by atoms with Gasteiger partial charge in [-0.1, -0.05) is 0 Å². The summed E-state index contributed by atoms with van der Waals surface area (Å²) < 4.78 is 5.52. The Morgan fingerprint density at radius 2 is 2.29 bits per heavy atom. The lowest BCUT2D eigenvalue weighted by molar-refractivity contribution is 0.108. The molecule has 78 valence electrons. The monoisotopic (exact) mass is 215 g/mol. The van der Waals surface area contributed by atoms with Crippen molar-refractivity contribution in [1.82, 2.24) is 9.97 Å². The summed E-state index contributed by atoms with van der Waals surface area (Å²) >= 11 is 0. The Hall–Kier alpha value is -0.870. The van der Waals surface area contributed by atoms with Crippen LogP contribution in [0.25, 0.3) is 0 Å². The molecule has 0 bridgehead atoms. The molecule has 5 heteroatoms. The van der Waals surface area contributed by atoms with E-state index in [1.54, 1.807) is 12.3 Å². The van der Waals surface area contributed by atoms with Crippen LogP contribution in [-0.2, 0) is 6.54 Å². The van der Waals surface area contributed by atoms with Gasteiger partial charge in [0.15, 0.2) is 0 Å². The predicted octanol–water partition coefficient (Wildman–Crippen LogP) is 1.29. The number of hydrogen-bond acceptors (Lipinski definition) is 4. The van der Waals surface area contributed by atoms with Crippen molar-refractivity contribution < 1.29 is 4.74 Å². The highest BCUT2D eigenvalue weighted by atomic mass is 35.5. The van der Waals surface area contributed by atoms with Gasteiger partial charge < -0.3 is 10.5 Å². The lowest BCUT2D eigenvalue weighted by atomic mass is 9.96. The topological polar surface area (TPSA) is 61.0 Å². The van der Waals surface area contributed by atoms with Gasteiger partial charge in [-0.25, -0.2) is 4.98 Å². The van der Waals surface area contributed by atoms with Crippen molar-refractivity contribution in [2.75, 3.05) is 0 Å². The maximum absolute atomic E-state index is 5.52. The molecule has 1 aromatic rings. The Balaban J connectivity index is 0.000000980. The van der Waals surface area contributed by atoms with E-state index in [9.17, 15) is 0 Å². The summed E-state index contributed by atoms with van der Waals surface area (Å²) in [6, 6.07) is 2.26. The molecule has 1 aliphatic rings. The second-order valence-corrected chi connectivity index (χ2v) is 3.21.